The van der Waals surface area contributed by atoms with Crippen LogP contribution in [-0.4, -0.2) is 46.0 Å². The van der Waals surface area contributed by atoms with Crippen LogP contribution in [0.25, 0.3) is 0 Å². The number of sulfonamides is 1. The highest BCUT2D eigenvalue weighted by Crippen LogP contribution is 2.25. The molecule has 8 nitrogen and oxygen atoms in total. The first-order valence-electron chi connectivity index (χ1n) is 11.8. The lowest BCUT2D eigenvalue weighted by Crippen LogP contribution is -2.48. The second kappa shape index (κ2) is 14.8. The van der Waals surface area contributed by atoms with Gasteiger partial charge in [0.1, 0.15) is 16.7 Å². The van der Waals surface area contributed by atoms with E-state index < -0.39 is 22.0 Å². The van der Waals surface area contributed by atoms with E-state index in [-0.39, 0.29) is 34.9 Å². The van der Waals surface area contributed by atoms with Crippen molar-refractivity contribution in [2.45, 2.75) is 51.0 Å². The molecule has 0 fully saturated rings. The van der Waals surface area contributed by atoms with Crippen LogP contribution in [0, 0.1) is 12.8 Å². The molecule has 12 heteroatoms. The zero-order valence-electron chi connectivity index (χ0n) is 20.9. The van der Waals surface area contributed by atoms with Crippen molar-refractivity contribution < 1.29 is 22.7 Å². The summed E-state index contributed by atoms with van der Waals surface area (Å²) in [5, 5.41) is 6.50. The van der Waals surface area contributed by atoms with Gasteiger partial charge in [0, 0.05) is 23.1 Å². The van der Waals surface area contributed by atoms with Crippen LogP contribution >= 0.6 is 34.8 Å². The molecule has 0 unspecified atom stereocenters. The van der Waals surface area contributed by atoms with Gasteiger partial charge in [0.2, 0.25) is 15.9 Å². The topological polar surface area (TPSA) is 114 Å². The van der Waals surface area contributed by atoms with Crippen LogP contribution in [0.15, 0.2) is 41.3 Å². The number of halogens is 3. The first-order valence-corrected chi connectivity index (χ1v) is 14.4. The normalized spacial score (nSPS) is 12.3. The van der Waals surface area contributed by atoms with E-state index in [4.69, 9.17) is 39.5 Å². The van der Waals surface area contributed by atoms with E-state index in [1.807, 2.05) is 20.8 Å². The van der Waals surface area contributed by atoms with Crippen molar-refractivity contribution >= 4 is 56.6 Å². The molecule has 2 aromatic rings. The molecule has 0 radical (unpaired) electrons. The molecule has 37 heavy (non-hydrogen) atoms. The van der Waals surface area contributed by atoms with Gasteiger partial charge in [0.05, 0.1) is 5.02 Å². The van der Waals surface area contributed by atoms with Gasteiger partial charge in [-0.05, 0) is 74.1 Å². The Hall–Kier alpha value is -2.04. The monoisotopic (exact) mass is 591 g/mol. The predicted octanol–water partition coefficient (Wildman–Crippen LogP) is 4.74. The number of amides is 2. The molecular formula is C25H32Cl3N3O5S. The van der Waals surface area contributed by atoms with Gasteiger partial charge in [-0.3, -0.25) is 9.59 Å². The molecule has 0 aliphatic heterocycles. The van der Waals surface area contributed by atoms with Gasteiger partial charge >= 0.3 is 0 Å². The van der Waals surface area contributed by atoms with E-state index in [2.05, 4.69) is 15.4 Å². The van der Waals surface area contributed by atoms with Crippen LogP contribution in [0.5, 0.6) is 5.75 Å². The second-order valence-electron chi connectivity index (χ2n) is 8.92. The van der Waals surface area contributed by atoms with E-state index in [0.717, 1.165) is 5.56 Å². The molecule has 0 heterocycles. The van der Waals surface area contributed by atoms with Crippen LogP contribution in [0.3, 0.4) is 0 Å². The van der Waals surface area contributed by atoms with Crippen LogP contribution < -0.4 is 20.1 Å². The fourth-order valence-corrected chi connectivity index (χ4v) is 5.49. The van der Waals surface area contributed by atoms with Gasteiger partial charge in [-0.15, -0.1) is 0 Å². The third-order valence-corrected chi connectivity index (χ3v) is 7.65. The number of hydrogen-bond acceptors (Lipinski definition) is 5. The number of aryl methyl sites for hydroxylation is 1. The van der Waals surface area contributed by atoms with Gasteiger partial charge < -0.3 is 15.4 Å². The first kappa shape index (κ1) is 31.2. The number of hydrogen-bond donors (Lipinski definition) is 3. The zero-order chi connectivity index (χ0) is 27.6. The lowest BCUT2D eigenvalue weighted by atomic mass is 10.0. The van der Waals surface area contributed by atoms with E-state index in [1.54, 1.807) is 18.2 Å². The van der Waals surface area contributed by atoms with Gasteiger partial charge in [-0.25, -0.2) is 13.1 Å². The maximum atomic E-state index is 12.7. The lowest BCUT2D eigenvalue weighted by molar-refractivity contribution is -0.130. The van der Waals surface area contributed by atoms with Crippen LogP contribution in [0.1, 0.15) is 38.7 Å². The number of carbonyl (C=O) groups is 2. The Balaban J connectivity index is 1.77. The Morgan fingerprint density at radius 1 is 0.973 bits per heavy atom. The Labute approximate surface area is 233 Å². The number of benzene rings is 2. The summed E-state index contributed by atoms with van der Waals surface area (Å²) in [6, 6.07) is 8.55. The molecule has 0 spiro atoms. The molecule has 0 aliphatic carbocycles. The van der Waals surface area contributed by atoms with Gasteiger partial charge in [-0.2, -0.15) is 0 Å². The summed E-state index contributed by atoms with van der Waals surface area (Å²) in [4.78, 5) is 25.1. The molecular weight excluding hydrogens is 561 g/mol. The summed E-state index contributed by atoms with van der Waals surface area (Å²) >= 11 is 17.7. The van der Waals surface area contributed by atoms with Crippen LogP contribution in [0.4, 0.5) is 0 Å². The average Bonchev–Trinajstić information content (AvgIpc) is 2.79. The molecule has 3 N–H and O–H groups in total. The highest BCUT2D eigenvalue weighted by atomic mass is 35.5. The molecule has 1 atom stereocenters. The molecule has 0 aliphatic rings. The minimum Gasteiger partial charge on any atom is -0.484 e. The minimum absolute atomic E-state index is 0.0409. The van der Waals surface area contributed by atoms with Crippen molar-refractivity contribution in [3.8, 4) is 5.75 Å². The van der Waals surface area contributed by atoms with Gasteiger partial charge in [0.15, 0.2) is 6.61 Å². The molecule has 0 saturated heterocycles. The largest absolute Gasteiger partial charge is 0.484 e. The fourth-order valence-electron chi connectivity index (χ4n) is 3.42. The lowest BCUT2D eigenvalue weighted by Gasteiger charge is -2.20. The van der Waals surface area contributed by atoms with Gasteiger partial charge in [0.25, 0.3) is 5.91 Å². The Morgan fingerprint density at radius 3 is 2.27 bits per heavy atom. The van der Waals surface area contributed by atoms with Crippen molar-refractivity contribution in [1.29, 1.82) is 0 Å². The molecule has 0 bridgehead atoms. The average molecular weight is 593 g/mol. The maximum absolute atomic E-state index is 12.7. The van der Waals surface area contributed by atoms with Crippen LogP contribution in [-0.2, 0) is 19.6 Å². The van der Waals surface area contributed by atoms with Crippen molar-refractivity contribution in [2.24, 2.45) is 5.92 Å². The molecule has 2 aromatic carbocycles. The van der Waals surface area contributed by atoms with E-state index in [1.165, 1.54) is 18.2 Å². The highest BCUT2D eigenvalue weighted by Gasteiger charge is 2.22. The standard InChI is InChI=1S/C25H32Cl3N3O5S/c1-16(2)12-21(31-24(32)15-36-22-8-6-18(26)13-17(22)3)25(33)29-10-4-5-11-30-37(34,35)23-9-7-19(27)14-20(23)28/h6-9,13-14,16,21,30H,4-5,10-12,15H2,1-3H3,(H,29,33)(H,31,32)/t21-/m0/s1. The Kier molecular flexibility index (Phi) is 12.5. The van der Waals surface area contributed by atoms with Crippen molar-refractivity contribution in [3.05, 3.63) is 57.0 Å². The summed E-state index contributed by atoms with van der Waals surface area (Å²) in [5.74, 6) is -0.00777. The third-order valence-electron chi connectivity index (χ3n) is 5.23. The number of unbranched alkanes of at least 4 members (excludes halogenated alkanes) is 1. The van der Waals surface area contributed by atoms with Crippen molar-refractivity contribution in [2.75, 3.05) is 19.7 Å². The summed E-state index contributed by atoms with van der Waals surface area (Å²) in [6.07, 6.45) is 1.48. The van der Waals surface area contributed by atoms with Gasteiger partial charge in [-0.1, -0.05) is 48.7 Å². The maximum Gasteiger partial charge on any atom is 0.258 e. The highest BCUT2D eigenvalue weighted by molar-refractivity contribution is 7.89. The van der Waals surface area contributed by atoms with E-state index in [9.17, 15) is 18.0 Å². The number of carbonyl (C=O) groups excluding carboxylic acids is 2. The summed E-state index contributed by atoms with van der Waals surface area (Å²) in [5.41, 5.74) is 0.801. The number of ether oxygens (including phenoxy) is 1. The predicted molar refractivity (Wildman–Crippen MR) is 147 cm³/mol. The smallest absolute Gasteiger partial charge is 0.258 e. The van der Waals surface area contributed by atoms with Crippen LogP contribution in [0.2, 0.25) is 15.1 Å². The number of rotatable bonds is 14. The quantitative estimate of drug-likeness (QED) is 0.274. The number of nitrogens with one attached hydrogen (secondary N) is 3. The Bertz CT molecular complexity index is 1190. The Morgan fingerprint density at radius 2 is 1.62 bits per heavy atom. The van der Waals surface area contributed by atoms with E-state index >= 15 is 0 Å². The summed E-state index contributed by atoms with van der Waals surface area (Å²) in [6.45, 7) is 6.00. The van der Waals surface area contributed by atoms with Crippen molar-refractivity contribution in [3.63, 3.8) is 0 Å². The molecule has 0 saturated carbocycles. The SMILES string of the molecule is Cc1cc(Cl)ccc1OCC(=O)N[C@@H](CC(C)C)C(=O)NCCCCNS(=O)(=O)c1ccc(Cl)cc1Cl. The molecule has 2 rings (SSSR count). The molecule has 0 aromatic heterocycles. The van der Waals surface area contributed by atoms with Crippen molar-refractivity contribution in [1.82, 2.24) is 15.4 Å². The zero-order valence-corrected chi connectivity index (χ0v) is 24.0. The summed E-state index contributed by atoms with van der Waals surface area (Å²) < 4.78 is 32.9. The third kappa shape index (κ3) is 10.7. The minimum atomic E-state index is -3.78. The van der Waals surface area contributed by atoms with E-state index in [0.29, 0.717) is 41.6 Å². The molecule has 2 amide bonds. The fraction of sp³-hybridized carbons (Fsp3) is 0.440. The summed E-state index contributed by atoms with van der Waals surface area (Å²) in [7, 11) is -3.78. The molecule has 204 valence electrons. The second-order valence-corrected chi connectivity index (χ2v) is 11.9. The first-order chi connectivity index (χ1) is 17.4.